The van der Waals surface area contributed by atoms with E-state index in [1.54, 1.807) is 0 Å². The van der Waals surface area contributed by atoms with E-state index in [0.29, 0.717) is 18.8 Å². The molecule has 5 atom stereocenters. The molecule has 1 N–H and O–H groups in total. The number of unbranched alkanes of at least 4 members (excludes halogenated alkanes) is 2. The van der Waals surface area contributed by atoms with E-state index < -0.39 is 44.5 Å². The summed E-state index contributed by atoms with van der Waals surface area (Å²) in [5, 5.41) is 21.9. The van der Waals surface area contributed by atoms with Gasteiger partial charge in [0, 0.05) is 16.8 Å². The number of nitro groups is 1. The monoisotopic (exact) mass is 402 g/mol. The molecule has 2 unspecified atom stereocenters. The lowest BCUT2D eigenvalue weighted by atomic mass is 9.69. The zero-order valence-electron chi connectivity index (χ0n) is 16.3. The number of aliphatic hydroxyl groups is 1. The molecule has 1 aliphatic heterocycles. The molecule has 3 rings (SSSR count). The van der Waals surface area contributed by atoms with Gasteiger partial charge >= 0.3 is 0 Å². The molecule has 1 spiro atoms. The van der Waals surface area contributed by atoms with Crippen LogP contribution in [0.5, 0.6) is 0 Å². The van der Waals surface area contributed by atoms with Gasteiger partial charge in [-0.2, -0.15) is 0 Å². The Kier molecular flexibility index (Phi) is 5.08. The Hall–Kier alpha value is -1.22. The summed E-state index contributed by atoms with van der Waals surface area (Å²) in [6.07, 6.45) is 2.54. The Bertz CT molecular complexity index is 736. The van der Waals surface area contributed by atoms with E-state index in [0.717, 1.165) is 30.0 Å². The van der Waals surface area contributed by atoms with Crippen molar-refractivity contribution in [2.45, 2.75) is 83.9 Å². The first-order valence-electron chi connectivity index (χ1n) is 9.87. The van der Waals surface area contributed by atoms with Crippen molar-refractivity contribution >= 4 is 15.9 Å². The minimum Gasteiger partial charge on any atom is -0.377 e. The smallest absolute Gasteiger partial charge is 0.272 e. The number of amides is 1. The largest absolute Gasteiger partial charge is 0.377 e. The highest BCUT2D eigenvalue weighted by molar-refractivity contribution is 7.90. The number of hydrogen-bond acceptors (Lipinski definition) is 6. The lowest BCUT2D eigenvalue weighted by molar-refractivity contribution is -0.532. The third-order valence-corrected chi connectivity index (χ3v) is 9.53. The van der Waals surface area contributed by atoms with E-state index in [1.807, 2.05) is 6.92 Å². The highest BCUT2D eigenvalue weighted by atomic mass is 32.2. The Morgan fingerprint density at radius 1 is 1.37 bits per heavy atom. The first kappa shape index (κ1) is 20.5. The van der Waals surface area contributed by atoms with Crippen LogP contribution >= 0.6 is 0 Å². The second-order valence-corrected chi connectivity index (χ2v) is 10.9. The molecule has 1 heterocycles. The van der Waals surface area contributed by atoms with Crippen molar-refractivity contribution in [3.63, 3.8) is 0 Å². The van der Waals surface area contributed by atoms with Crippen LogP contribution in [-0.4, -0.2) is 52.6 Å². The van der Waals surface area contributed by atoms with Gasteiger partial charge in [-0.05, 0) is 37.0 Å². The van der Waals surface area contributed by atoms with Gasteiger partial charge in [0.2, 0.25) is 22.2 Å². The Morgan fingerprint density at radius 2 is 2.04 bits per heavy atom. The molecule has 27 heavy (non-hydrogen) atoms. The van der Waals surface area contributed by atoms with Gasteiger partial charge < -0.3 is 5.11 Å². The van der Waals surface area contributed by atoms with Gasteiger partial charge in [-0.1, -0.05) is 33.6 Å². The van der Waals surface area contributed by atoms with Crippen molar-refractivity contribution in [3.05, 3.63) is 10.1 Å². The van der Waals surface area contributed by atoms with Gasteiger partial charge in [0.15, 0.2) is 0 Å². The summed E-state index contributed by atoms with van der Waals surface area (Å²) in [6, 6.07) is -1.95. The number of hydrogen-bond donors (Lipinski definition) is 1. The van der Waals surface area contributed by atoms with Gasteiger partial charge in [0.25, 0.3) is 5.91 Å². The van der Waals surface area contributed by atoms with Crippen LogP contribution in [0.4, 0.5) is 0 Å². The molecule has 2 aliphatic carbocycles. The molecule has 8 nitrogen and oxygen atoms in total. The van der Waals surface area contributed by atoms with E-state index in [1.165, 1.54) is 0 Å². The quantitative estimate of drug-likeness (QED) is 0.395. The minimum atomic E-state index is -3.89. The van der Waals surface area contributed by atoms with E-state index in [2.05, 4.69) is 13.8 Å². The number of aliphatic hydroxyl groups excluding tert-OH is 1. The summed E-state index contributed by atoms with van der Waals surface area (Å²) >= 11 is 0. The van der Waals surface area contributed by atoms with Crippen molar-refractivity contribution < 1.29 is 23.2 Å². The SMILES string of the molecule is CCCCC[C@H]([C@H](O)C(=O)N1[C@@H]2CC3CCC2(CS1(=O)=O)C3(C)C)[N+](=O)[O-]. The van der Waals surface area contributed by atoms with Crippen LogP contribution in [0, 0.1) is 26.9 Å². The van der Waals surface area contributed by atoms with E-state index in [4.69, 9.17) is 0 Å². The predicted octanol–water partition coefficient (Wildman–Crippen LogP) is 1.94. The highest BCUT2D eigenvalue weighted by Gasteiger charge is 2.72. The maximum absolute atomic E-state index is 13.0. The Balaban J connectivity index is 1.87. The zero-order chi connectivity index (χ0) is 20.2. The second kappa shape index (κ2) is 6.69. The molecule has 9 heteroatoms. The third kappa shape index (κ3) is 2.88. The van der Waals surface area contributed by atoms with Crippen molar-refractivity contribution in [2.75, 3.05) is 5.75 Å². The number of carbonyl (C=O) groups is 1. The fourth-order valence-corrected chi connectivity index (χ4v) is 8.41. The van der Waals surface area contributed by atoms with E-state index >= 15 is 0 Å². The topological polar surface area (TPSA) is 118 Å². The normalized spacial score (nSPS) is 35.0. The highest BCUT2D eigenvalue weighted by Crippen LogP contribution is 2.70. The number of sulfonamides is 1. The summed E-state index contributed by atoms with van der Waals surface area (Å²) in [5.74, 6) is -0.786. The average molecular weight is 403 g/mol. The summed E-state index contributed by atoms with van der Waals surface area (Å²) in [6.45, 7) is 6.08. The molecule has 3 fully saturated rings. The Morgan fingerprint density at radius 3 is 2.59 bits per heavy atom. The van der Waals surface area contributed by atoms with Crippen LogP contribution in [0.1, 0.15) is 65.7 Å². The number of carbonyl (C=O) groups excluding carboxylic acids is 1. The average Bonchev–Trinajstić information content (AvgIpc) is 3.04. The van der Waals surface area contributed by atoms with Gasteiger partial charge in [-0.15, -0.1) is 0 Å². The summed E-state index contributed by atoms with van der Waals surface area (Å²) < 4.78 is 26.6. The van der Waals surface area contributed by atoms with Crippen LogP contribution in [0.25, 0.3) is 0 Å². The molecule has 1 saturated heterocycles. The van der Waals surface area contributed by atoms with Gasteiger partial charge in [-0.25, -0.2) is 12.7 Å². The van der Waals surface area contributed by atoms with Crippen molar-refractivity contribution in [3.8, 4) is 0 Å². The number of nitrogens with zero attached hydrogens (tertiary/aromatic N) is 2. The number of rotatable bonds is 7. The number of fused-ring (bicyclic) bond motifs is 1. The molecule has 0 aromatic rings. The summed E-state index contributed by atoms with van der Waals surface area (Å²) in [7, 11) is -3.89. The fraction of sp³-hybridized carbons (Fsp3) is 0.944. The van der Waals surface area contributed by atoms with Crippen molar-refractivity contribution in [2.24, 2.45) is 16.7 Å². The van der Waals surface area contributed by atoms with Crippen molar-refractivity contribution in [1.29, 1.82) is 0 Å². The van der Waals surface area contributed by atoms with Crippen LogP contribution < -0.4 is 0 Å². The maximum Gasteiger partial charge on any atom is 0.272 e. The maximum atomic E-state index is 13.0. The first-order valence-corrected chi connectivity index (χ1v) is 11.5. The molecule has 2 bridgehead atoms. The summed E-state index contributed by atoms with van der Waals surface area (Å²) in [5.41, 5.74) is -0.702. The molecule has 0 aromatic heterocycles. The minimum absolute atomic E-state index is 0.0611. The molecular formula is C18H30N2O6S. The van der Waals surface area contributed by atoms with E-state index in [9.17, 15) is 28.4 Å². The first-order chi connectivity index (χ1) is 12.5. The molecule has 0 aromatic carbocycles. The van der Waals surface area contributed by atoms with Crippen LogP contribution in [0.15, 0.2) is 0 Å². The van der Waals surface area contributed by atoms with Crippen LogP contribution in [-0.2, 0) is 14.8 Å². The molecule has 3 aliphatic rings. The van der Waals surface area contributed by atoms with Crippen LogP contribution in [0.2, 0.25) is 0 Å². The molecule has 1 amide bonds. The molecule has 2 saturated carbocycles. The Labute approximate surface area is 160 Å². The predicted molar refractivity (Wildman–Crippen MR) is 98.9 cm³/mol. The standard InChI is InChI=1S/C18H30N2O6S/c1-4-5-6-7-13(20(23)24)15(21)16(22)19-14-10-12-8-9-18(14,17(12,2)3)11-27(19,25)26/h12-15,21H,4-11H2,1-3H3/t12?,13-,14-,15+,18?/m1/s1. The van der Waals surface area contributed by atoms with Crippen molar-refractivity contribution in [1.82, 2.24) is 4.31 Å². The lowest BCUT2D eigenvalue weighted by Gasteiger charge is -2.37. The lowest BCUT2D eigenvalue weighted by Crippen LogP contribution is -2.52. The van der Waals surface area contributed by atoms with Gasteiger partial charge in [0.1, 0.15) is 0 Å². The van der Waals surface area contributed by atoms with Gasteiger partial charge in [-0.3, -0.25) is 14.9 Å². The molecular weight excluding hydrogens is 372 g/mol. The summed E-state index contributed by atoms with van der Waals surface area (Å²) in [4.78, 5) is 23.7. The van der Waals surface area contributed by atoms with Gasteiger partial charge in [0.05, 0.1) is 11.8 Å². The second-order valence-electron chi connectivity index (χ2n) is 9.05. The van der Waals surface area contributed by atoms with Crippen LogP contribution in [0.3, 0.4) is 0 Å². The molecule has 0 radical (unpaired) electrons. The fourth-order valence-electron chi connectivity index (χ4n) is 5.86. The zero-order valence-corrected chi connectivity index (χ0v) is 17.1. The van der Waals surface area contributed by atoms with E-state index in [-0.39, 0.29) is 17.6 Å². The molecule has 154 valence electrons. The third-order valence-electron chi connectivity index (χ3n) is 7.62.